The highest BCUT2D eigenvalue weighted by atomic mass is 19.4. The van der Waals surface area contributed by atoms with Crippen LogP contribution in [0, 0.1) is 0 Å². The van der Waals surface area contributed by atoms with Crippen LogP contribution in [0.4, 0.5) is 18.0 Å². The average molecular weight is 418 g/mol. The van der Waals surface area contributed by atoms with Gasteiger partial charge in [-0.25, -0.2) is 14.3 Å². The van der Waals surface area contributed by atoms with Crippen molar-refractivity contribution in [3.05, 3.63) is 11.9 Å². The highest BCUT2D eigenvalue weighted by molar-refractivity contribution is 5.87. The van der Waals surface area contributed by atoms with E-state index in [0.717, 1.165) is 30.7 Å². The molecular weight excluding hydrogens is 393 g/mol. The zero-order chi connectivity index (χ0) is 21.2. The normalized spacial score (nSPS) is 24.5. The summed E-state index contributed by atoms with van der Waals surface area (Å²) in [7, 11) is 0. The van der Waals surface area contributed by atoms with Crippen molar-refractivity contribution >= 4 is 12.1 Å². The van der Waals surface area contributed by atoms with E-state index in [0.29, 0.717) is 18.3 Å². The molecule has 2 saturated heterocycles. The van der Waals surface area contributed by atoms with E-state index in [1.807, 2.05) is 6.92 Å². The van der Waals surface area contributed by atoms with Gasteiger partial charge in [0.2, 0.25) is 0 Å². The molecule has 0 bridgehead atoms. The summed E-state index contributed by atoms with van der Waals surface area (Å²) in [5.41, 5.74) is 0.430. The molecule has 3 heterocycles. The lowest BCUT2D eigenvalue weighted by Crippen LogP contribution is -2.50. The lowest BCUT2D eigenvalue weighted by Gasteiger charge is -2.34. The molecule has 3 atom stereocenters. The number of carbonyl (C=O) groups excluding carboxylic acids is 2. The number of rotatable bonds is 4. The molecule has 2 fully saturated rings. The first-order chi connectivity index (χ1) is 13.7. The van der Waals surface area contributed by atoms with Gasteiger partial charge < -0.3 is 10.1 Å². The Balaban J connectivity index is 1.76. The van der Waals surface area contributed by atoms with Gasteiger partial charge in [0.15, 0.2) is 0 Å². The fourth-order valence-electron chi connectivity index (χ4n) is 3.94. The third kappa shape index (κ3) is 4.69. The van der Waals surface area contributed by atoms with Crippen molar-refractivity contribution in [2.75, 3.05) is 26.2 Å². The number of alkyl halides is 3. The maximum atomic E-state index is 12.4. The Morgan fingerprint density at radius 2 is 2.14 bits per heavy atom. The fraction of sp³-hybridized carbons (Fsp3) is 0.765. The highest BCUT2D eigenvalue weighted by Crippen LogP contribution is 2.29. The van der Waals surface area contributed by atoms with Gasteiger partial charge >= 0.3 is 18.2 Å². The Bertz CT molecular complexity index is 740. The lowest BCUT2D eigenvalue weighted by atomic mass is 10.1. The molecule has 3 unspecified atom stereocenters. The number of halogens is 3. The van der Waals surface area contributed by atoms with Gasteiger partial charge in [-0.1, -0.05) is 12.1 Å². The Morgan fingerprint density at radius 1 is 1.38 bits per heavy atom. The minimum atomic E-state index is -5.23. The number of carbonyl (C=O) groups is 2. The Kier molecular flexibility index (Phi) is 6.42. The zero-order valence-corrected chi connectivity index (χ0v) is 16.4. The summed E-state index contributed by atoms with van der Waals surface area (Å²) in [5, 5.41) is 11.4. The van der Waals surface area contributed by atoms with Gasteiger partial charge in [-0.15, -0.1) is 5.10 Å². The van der Waals surface area contributed by atoms with E-state index in [2.05, 4.69) is 32.2 Å². The van der Waals surface area contributed by atoms with Crippen LogP contribution in [0.1, 0.15) is 51.0 Å². The van der Waals surface area contributed by atoms with Gasteiger partial charge in [0.05, 0.1) is 12.2 Å². The SMILES string of the molecule is CCC(N1CCCC1C)n1cc(C2CNCCN2C(=O)OC(=O)C(F)(F)F)nn1. The Morgan fingerprint density at radius 3 is 2.76 bits per heavy atom. The minimum absolute atomic E-state index is 0.0116. The van der Waals surface area contributed by atoms with Crippen LogP contribution in [-0.2, 0) is 9.53 Å². The molecule has 0 spiro atoms. The van der Waals surface area contributed by atoms with Crippen LogP contribution in [-0.4, -0.2) is 75.3 Å². The molecule has 2 aliphatic rings. The first kappa shape index (κ1) is 21.5. The van der Waals surface area contributed by atoms with Crippen LogP contribution in [0.5, 0.6) is 0 Å². The first-order valence-corrected chi connectivity index (χ1v) is 9.70. The second kappa shape index (κ2) is 8.66. The monoisotopic (exact) mass is 418 g/mol. The minimum Gasteiger partial charge on any atom is -0.369 e. The first-order valence-electron chi connectivity index (χ1n) is 9.70. The van der Waals surface area contributed by atoms with Gasteiger partial charge in [0.25, 0.3) is 0 Å². The van der Waals surface area contributed by atoms with Gasteiger partial charge in [-0.3, -0.25) is 9.80 Å². The Hall–Kier alpha value is -2.21. The molecular formula is C17H25F3N6O3. The van der Waals surface area contributed by atoms with Crippen molar-refractivity contribution in [3.63, 3.8) is 0 Å². The lowest BCUT2D eigenvalue weighted by molar-refractivity contribution is -0.194. The third-order valence-corrected chi connectivity index (χ3v) is 5.42. The number of nitrogens with one attached hydrogen (secondary N) is 1. The van der Waals surface area contributed by atoms with Crippen molar-refractivity contribution in [2.45, 2.75) is 57.5 Å². The second-order valence-corrected chi connectivity index (χ2v) is 7.31. The largest absolute Gasteiger partial charge is 0.491 e. The van der Waals surface area contributed by atoms with E-state index in [1.165, 1.54) is 0 Å². The van der Waals surface area contributed by atoms with Crippen molar-refractivity contribution in [3.8, 4) is 0 Å². The summed E-state index contributed by atoms with van der Waals surface area (Å²) < 4.78 is 43.0. The molecule has 162 valence electrons. The number of esters is 1. The van der Waals surface area contributed by atoms with E-state index >= 15 is 0 Å². The molecule has 0 saturated carbocycles. The number of aromatic nitrogens is 3. The van der Waals surface area contributed by atoms with Crippen molar-refractivity contribution in [1.82, 2.24) is 30.1 Å². The summed E-state index contributed by atoms with van der Waals surface area (Å²) in [5.74, 6) is -2.53. The average Bonchev–Trinajstić information content (AvgIpc) is 3.32. The predicted octanol–water partition coefficient (Wildman–Crippen LogP) is 1.84. The molecule has 0 aromatic carbocycles. The van der Waals surface area contributed by atoms with E-state index in [9.17, 15) is 22.8 Å². The van der Waals surface area contributed by atoms with Crippen LogP contribution in [0.25, 0.3) is 0 Å². The predicted molar refractivity (Wildman–Crippen MR) is 94.6 cm³/mol. The topological polar surface area (TPSA) is 92.6 Å². The number of hydrogen-bond donors (Lipinski definition) is 1. The van der Waals surface area contributed by atoms with E-state index in [-0.39, 0.29) is 19.3 Å². The van der Waals surface area contributed by atoms with Crippen LogP contribution >= 0.6 is 0 Å². The summed E-state index contributed by atoms with van der Waals surface area (Å²) >= 11 is 0. The second-order valence-electron chi connectivity index (χ2n) is 7.31. The summed E-state index contributed by atoms with van der Waals surface area (Å²) in [6.45, 7) is 5.88. The quantitative estimate of drug-likeness (QED) is 0.589. The van der Waals surface area contributed by atoms with Crippen LogP contribution in [0.15, 0.2) is 6.20 Å². The summed E-state index contributed by atoms with van der Waals surface area (Å²) in [6, 6.07) is -0.261. The smallest absolute Gasteiger partial charge is 0.369 e. The highest BCUT2D eigenvalue weighted by Gasteiger charge is 2.44. The summed E-state index contributed by atoms with van der Waals surface area (Å²) in [6.07, 6.45) is -1.82. The molecule has 3 rings (SSSR count). The summed E-state index contributed by atoms with van der Waals surface area (Å²) in [4.78, 5) is 26.6. The van der Waals surface area contributed by atoms with Gasteiger partial charge in [-0.2, -0.15) is 13.2 Å². The molecule has 29 heavy (non-hydrogen) atoms. The van der Waals surface area contributed by atoms with E-state index in [1.54, 1.807) is 10.9 Å². The van der Waals surface area contributed by atoms with Crippen LogP contribution < -0.4 is 5.32 Å². The Labute approximate surface area is 166 Å². The molecule has 2 aliphatic heterocycles. The molecule has 1 N–H and O–H groups in total. The molecule has 0 radical (unpaired) electrons. The van der Waals surface area contributed by atoms with Gasteiger partial charge in [0.1, 0.15) is 11.9 Å². The van der Waals surface area contributed by atoms with Crippen molar-refractivity contribution in [1.29, 1.82) is 0 Å². The molecule has 12 heteroatoms. The molecule has 1 amide bonds. The third-order valence-electron chi connectivity index (χ3n) is 5.42. The van der Waals surface area contributed by atoms with Crippen molar-refractivity contribution < 1.29 is 27.5 Å². The number of piperazine rings is 1. The van der Waals surface area contributed by atoms with Crippen LogP contribution in [0.2, 0.25) is 0 Å². The number of amides is 1. The fourth-order valence-corrected chi connectivity index (χ4v) is 3.94. The van der Waals surface area contributed by atoms with E-state index in [4.69, 9.17) is 0 Å². The van der Waals surface area contributed by atoms with Gasteiger partial charge in [-0.05, 0) is 26.2 Å². The maximum Gasteiger partial charge on any atom is 0.491 e. The van der Waals surface area contributed by atoms with Crippen molar-refractivity contribution in [2.24, 2.45) is 0 Å². The molecule has 1 aromatic rings. The number of hydrogen-bond acceptors (Lipinski definition) is 7. The maximum absolute atomic E-state index is 12.4. The molecule has 9 nitrogen and oxygen atoms in total. The standard InChI is InChI=1S/C17H25F3N6O3/c1-3-14(24-7-4-5-11(24)2)26-10-12(22-23-26)13-9-21-6-8-25(13)16(28)29-15(27)17(18,19)20/h10-11,13-14,21H,3-9H2,1-2H3. The molecule has 1 aromatic heterocycles. The zero-order valence-electron chi connectivity index (χ0n) is 16.4. The van der Waals surface area contributed by atoms with Gasteiger partial charge in [0, 0.05) is 32.2 Å². The van der Waals surface area contributed by atoms with Crippen LogP contribution in [0.3, 0.4) is 0 Å². The number of nitrogens with zero attached hydrogens (tertiary/aromatic N) is 5. The number of ether oxygens (including phenoxy) is 1. The molecule has 0 aliphatic carbocycles. The number of likely N-dealkylation sites (tertiary alicyclic amines) is 1. The van der Waals surface area contributed by atoms with E-state index < -0.39 is 24.3 Å².